The Morgan fingerprint density at radius 1 is 1.17 bits per heavy atom. The minimum atomic E-state index is -0.447. The average molecular weight is 425 g/mol. The molecule has 158 valence electrons. The van der Waals surface area contributed by atoms with Crippen LogP contribution in [-0.4, -0.2) is 25.0 Å². The monoisotopic (exact) mass is 424 g/mol. The number of thiophene rings is 1. The van der Waals surface area contributed by atoms with Crippen LogP contribution in [0.5, 0.6) is 0 Å². The molecule has 0 aliphatic heterocycles. The second kappa shape index (κ2) is 9.44. The maximum Gasteiger partial charge on any atom is 0.340 e. The summed E-state index contributed by atoms with van der Waals surface area (Å²) in [7, 11) is 1.36. The van der Waals surface area contributed by atoms with E-state index in [-0.39, 0.29) is 17.9 Å². The Labute approximate surface area is 182 Å². The first-order valence-electron chi connectivity index (χ1n) is 10.4. The van der Waals surface area contributed by atoms with Gasteiger partial charge in [0, 0.05) is 16.8 Å². The lowest BCUT2D eigenvalue weighted by atomic mass is 9.82. The van der Waals surface area contributed by atoms with Crippen molar-refractivity contribution in [3.8, 4) is 16.5 Å². The Morgan fingerprint density at radius 2 is 1.80 bits per heavy atom. The van der Waals surface area contributed by atoms with Crippen LogP contribution >= 0.6 is 11.3 Å². The molecule has 1 aliphatic rings. The van der Waals surface area contributed by atoms with Crippen LogP contribution in [0, 0.1) is 23.2 Å². The zero-order valence-electron chi connectivity index (χ0n) is 18.0. The van der Waals surface area contributed by atoms with Crippen molar-refractivity contribution in [1.82, 2.24) is 0 Å². The molecule has 0 bridgehead atoms. The molecule has 1 aliphatic carbocycles. The SMILES string of the molecule is COC(=O)c1cc(-c2ccc(C#N)cc2)sc1N(C(=O)C1CCC(C)CC1)C(C)C. The second-order valence-corrected chi connectivity index (χ2v) is 9.30. The predicted molar refractivity (Wildman–Crippen MR) is 120 cm³/mol. The molecule has 1 amide bonds. The molecule has 0 unspecified atom stereocenters. The molecule has 0 spiro atoms. The van der Waals surface area contributed by atoms with Gasteiger partial charge in [-0.25, -0.2) is 4.79 Å². The fourth-order valence-corrected chi connectivity index (χ4v) is 5.25. The van der Waals surface area contributed by atoms with Gasteiger partial charge in [-0.15, -0.1) is 11.3 Å². The molecule has 0 saturated heterocycles. The summed E-state index contributed by atoms with van der Waals surface area (Å²) in [5, 5.41) is 9.67. The molecular weight excluding hydrogens is 396 g/mol. The van der Waals surface area contributed by atoms with E-state index in [9.17, 15) is 9.59 Å². The zero-order chi connectivity index (χ0) is 21.8. The van der Waals surface area contributed by atoms with Crippen LogP contribution < -0.4 is 4.90 Å². The Bertz CT molecular complexity index is 948. The number of methoxy groups -OCH3 is 1. The smallest absolute Gasteiger partial charge is 0.340 e. The number of carbonyl (C=O) groups is 2. The number of rotatable bonds is 5. The van der Waals surface area contributed by atoms with Crippen molar-refractivity contribution < 1.29 is 14.3 Å². The highest BCUT2D eigenvalue weighted by Gasteiger charge is 2.33. The van der Waals surface area contributed by atoms with Crippen molar-refractivity contribution in [2.24, 2.45) is 11.8 Å². The summed E-state index contributed by atoms with van der Waals surface area (Å²) in [5.41, 5.74) is 1.89. The van der Waals surface area contributed by atoms with Crippen molar-refractivity contribution in [1.29, 1.82) is 5.26 Å². The highest BCUT2D eigenvalue weighted by molar-refractivity contribution is 7.20. The normalized spacial score (nSPS) is 18.7. The lowest BCUT2D eigenvalue weighted by molar-refractivity contribution is -0.123. The molecule has 1 fully saturated rings. The summed E-state index contributed by atoms with van der Waals surface area (Å²) in [5.74, 6) is 0.304. The molecule has 1 saturated carbocycles. The lowest BCUT2D eigenvalue weighted by Crippen LogP contribution is -2.42. The first-order chi connectivity index (χ1) is 14.3. The van der Waals surface area contributed by atoms with E-state index in [1.807, 2.05) is 26.0 Å². The van der Waals surface area contributed by atoms with Crippen molar-refractivity contribution >= 4 is 28.2 Å². The first-order valence-corrected chi connectivity index (χ1v) is 11.2. The Kier molecular flexibility index (Phi) is 6.94. The Hall–Kier alpha value is -2.65. The van der Waals surface area contributed by atoms with Gasteiger partial charge in [-0.3, -0.25) is 4.79 Å². The number of esters is 1. The van der Waals surface area contributed by atoms with E-state index < -0.39 is 5.97 Å². The van der Waals surface area contributed by atoms with Gasteiger partial charge in [-0.05, 0) is 69.2 Å². The molecule has 1 heterocycles. The minimum absolute atomic E-state index is 0.00504. The van der Waals surface area contributed by atoms with E-state index in [4.69, 9.17) is 10.00 Å². The quantitative estimate of drug-likeness (QED) is 0.582. The lowest BCUT2D eigenvalue weighted by Gasteiger charge is -2.33. The molecule has 6 heteroatoms. The van der Waals surface area contributed by atoms with Crippen LogP contribution in [0.4, 0.5) is 5.00 Å². The molecule has 1 aromatic heterocycles. The van der Waals surface area contributed by atoms with Crippen molar-refractivity contribution in [2.75, 3.05) is 12.0 Å². The molecule has 3 rings (SSSR count). The van der Waals surface area contributed by atoms with Gasteiger partial charge >= 0.3 is 5.97 Å². The average Bonchev–Trinajstić information content (AvgIpc) is 3.18. The minimum Gasteiger partial charge on any atom is -0.465 e. The molecular formula is C24H28N2O3S. The maximum atomic E-state index is 13.5. The zero-order valence-corrected chi connectivity index (χ0v) is 18.8. The van der Waals surface area contributed by atoms with Crippen LogP contribution in [0.3, 0.4) is 0 Å². The van der Waals surface area contributed by atoms with Gasteiger partial charge < -0.3 is 9.64 Å². The topological polar surface area (TPSA) is 70.4 Å². The van der Waals surface area contributed by atoms with Crippen LogP contribution in [0.25, 0.3) is 10.4 Å². The molecule has 0 radical (unpaired) electrons. The van der Waals surface area contributed by atoms with Gasteiger partial charge in [-0.1, -0.05) is 19.1 Å². The third-order valence-electron chi connectivity index (χ3n) is 5.75. The summed E-state index contributed by atoms with van der Waals surface area (Å²) >= 11 is 1.42. The number of benzene rings is 1. The largest absolute Gasteiger partial charge is 0.465 e. The third kappa shape index (κ3) is 4.57. The summed E-state index contributed by atoms with van der Waals surface area (Å²) in [4.78, 5) is 28.7. The standard InChI is InChI=1S/C24H28N2O3S/c1-15(2)26(22(27)19-9-5-16(3)6-10-19)23-20(24(28)29-4)13-21(30-23)18-11-7-17(14-25)8-12-18/h7-8,11-13,15-16,19H,5-6,9-10H2,1-4H3. The van der Waals surface area contributed by atoms with Crippen molar-refractivity contribution in [3.63, 3.8) is 0 Å². The van der Waals surface area contributed by atoms with E-state index >= 15 is 0 Å². The van der Waals surface area contributed by atoms with Crippen LogP contribution in [-0.2, 0) is 9.53 Å². The van der Waals surface area contributed by atoms with E-state index in [0.717, 1.165) is 36.1 Å². The van der Waals surface area contributed by atoms with Crippen LogP contribution in [0.2, 0.25) is 0 Å². The summed E-state index contributed by atoms with van der Waals surface area (Å²) in [6.45, 7) is 6.19. The van der Waals surface area contributed by atoms with Crippen LogP contribution in [0.15, 0.2) is 30.3 Å². The summed E-state index contributed by atoms with van der Waals surface area (Å²) in [6.07, 6.45) is 3.91. The maximum absolute atomic E-state index is 13.5. The van der Waals surface area contributed by atoms with Crippen LogP contribution in [0.1, 0.15) is 62.4 Å². The predicted octanol–water partition coefficient (Wildman–Crippen LogP) is 5.64. The number of amides is 1. The summed E-state index contributed by atoms with van der Waals surface area (Å²) < 4.78 is 5.02. The number of nitriles is 1. The number of carbonyl (C=O) groups excluding carboxylic acids is 2. The fourth-order valence-electron chi connectivity index (χ4n) is 3.96. The molecule has 0 N–H and O–H groups in total. The number of hydrogen-bond acceptors (Lipinski definition) is 5. The number of ether oxygens (including phenoxy) is 1. The van der Waals surface area contributed by atoms with Crippen molar-refractivity contribution in [3.05, 3.63) is 41.5 Å². The number of nitrogens with zero attached hydrogens (tertiary/aromatic N) is 2. The van der Waals surface area contributed by atoms with E-state index in [2.05, 4.69) is 13.0 Å². The van der Waals surface area contributed by atoms with Gasteiger partial charge in [-0.2, -0.15) is 5.26 Å². The van der Waals surface area contributed by atoms with Gasteiger partial charge in [0.1, 0.15) is 5.00 Å². The Morgan fingerprint density at radius 3 is 2.33 bits per heavy atom. The van der Waals surface area contributed by atoms with E-state index in [1.54, 1.807) is 23.1 Å². The Balaban J connectivity index is 2.01. The molecule has 30 heavy (non-hydrogen) atoms. The van der Waals surface area contributed by atoms with Gasteiger partial charge in [0.15, 0.2) is 0 Å². The van der Waals surface area contributed by atoms with E-state index in [1.165, 1.54) is 18.4 Å². The number of hydrogen-bond donors (Lipinski definition) is 0. The molecule has 1 aromatic carbocycles. The van der Waals surface area contributed by atoms with Gasteiger partial charge in [0.25, 0.3) is 0 Å². The van der Waals surface area contributed by atoms with Crippen molar-refractivity contribution in [2.45, 2.75) is 52.5 Å². The third-order valence-corrected chi connectivity index (χ3v) is 6.94. The second-order valence-electron chi connectivity index (χ2n) is 8.27. The van der Waals surface area contributed by atoms with Gasteiger partial charge in [0.05, 0.1) is 24.3 Å². The highest BCUT2D eigenvalue weighted by atomic mass is 32.1. The molecule has 5 nitrogen and oxygen atoms in total. The number of anilines is 1. The first kappa shape index (κ1) is 22.0. The highest BCUT2D eigenvalue weighted by Crippen LogP contribution is 2.41. The summed E-state index contributed by atoms with van der Waals surface area (Å²) in [6, 6.07) is 11.1. The van der Waals surface area contributed by atoms with Gasteiger partial charge in [0.2, 0.25) is 5.91 Å². The molecule has 0 atom stereocenters. The van der Waals surface area contributed by atoms with E-state index in [0.29, 0.717) is 22.0 Å². The molecule has 2 aromatic rings. The fraction of sp³-hybridized carbons (Fsp3) is 0.458.